The molecule has 1 aliphatic heterocycles. The summed E-state index contributed by atoms with van der Waals surface area (Å²) in [6.45, 7) is 2.55. The minimum Gasteiger partial charge on any atom is -0.508 e. The molecule has 0 aliphatic carbocycles. The van der Waals surface area contributed by atoms with Crippen LogP contribution in [0.15, 0.2) is 18.2 Å². The molecule has 18 heavy (non-hydrogen) atoms. The molecule has 1 saturated heterocycles. The van der Waals surface area contributed by atoms with Crippen molar-refractivity contribution in [3.05, 3.63) is 29.3 Å². The normalized spacial score (nSPS) is 19.5. The Morgan fingerprint density at radius 1 is 1.50 bits per heavy atom. The summed E-state index contributed by atoms with van der Waals surface area (Å²) in [5.74, 6) is 3.64. The maximum Gasteiger partial charge on any atom is 0.251 e. The van der Waals surface area contributed by atoms with Gasteiger partial charge in [0, 0.05) is 34.6 Å². The predicted molar refractivity (Wildman–Crippen MR) is 78.7 cm³/mol. The Balaban J connectivity index is 1.90. The van der Waals surface area contributed by atoms with E-state index in [1.807, 2.05) is 30.4 Å². The van der Waals surface area contributed by atoms with Gasteiger partial charge < -0.3 is 10.4 Å². The summed E-state index contributed by atoms with van der Waals surface area (Å²) in [5, 5.41) is 12.8. The maximum atomic E-state index is 12.0. The number of amides is 1. The van der Waals surface area contributed by atoms with E-state index < -0.39 is 0 Å². The fourth-order valence-electron chi connectivity index (χ4n) is 1.86. The topological polar surface area (TPSA) is 49.3 Å². The van der Waals surface area contributed by atoms with Gasteiger partial charge in [-0.3, -0.25) is 4.79 Å². The molecule has 0 radical (unpaired) electrons. The van der Waals surface area contributed by atoms with E-state index in [0.29, 0.717) is 10.8 Å². The van der Waals surface area contributed by atoms with Crippen molar-refractivity contribution in [2.45, 2.75) is 12.2 Å². The lowest BCUT2D eigenvalue weighted by molar-refractivity contribution is 0.0953. The lowest BCUT2D eigenvalue weighted by Gasteiger charge is -2.21. The van der Waals surface area contributed by atoms with Crippen molar-refractivity contribution in [2.24, 2.45) is 0 Å². The number of carbonyl (C=O) groups excluding carboxylic acids is 1. The highest BCUT2D eigenvalue weighted by atomic mass is 32.2. The second-order valence-electron chi connectivity index (χ2n) is 4.28. The molecule has 98 valence electrons. The quantitative estimate of drug-likeness (QED) is 0.893. The first kappa shape index (κ1) is 13.6. The summed E-state index contributed by atoms with van der Waals surface area (Å²) in [5.41, 5.74) is 1.44. The summed E-state index contributed by atoms with van der Waals surface area (Å²) in [6, 6.07) is 4.83. The molecule has 1 aromatic carbocycles. The fourth-order valence-corrected chi connectivity index (χ4v) is 4.47. The zero-order valence-corrected chi connectivity index (χ0v) is 11.9. The molecule has 5 heteroatoms. The lowest BCUT2D eigenvalue weighted by atomic mass is 10.1. The molecule has 2 rings (SSSR count). The van der Waals surface area contributed by atoms with E-state index in [9.17, 15) is 9.90 Å². The van der Waals surface area contributed by atoms with Gasteiger partial charge in [-0.1, -0.05) is 0 Å². The van der Waals surface area contributed by atoms with Crippen LogP contribution in [-0.4, -0.2) is 40.1 Å². The largest absolute Gasteiger partial charge is 0.508 e. The Labute approximate surface area is 116 Å². The number of phenols is 1. The Kier molecular flexibility index (Phi) is 4.83. The zero-order valence-electron chi connectivity index (χ0n) is 10.3. The predicted octanol–water partition coefficient (Wildman–Crippen LogP) is 2.28. The average Bonchev–Trinajstić information content (AvgIpc) is 2.37. The molecular formula is C13H17NO2S2. The highest BCUT2D eigenvalue weighted by Gasteiger charge is 2.16. The van der Waals surface area contributed by atoms with Gasteiger partial charge in [0.25, 0.3) is 5.91 Å². The molecule has 0 bridgehead atoms. The van der Waals surface area contributed by atoms with E-state index >= 15 is 0 Å². The Morgan fingerprint density at radius 3 is 3.00 bits per heavy atom. The van der Waals surface area contributed by atoms with Gasteiger partial charge in [0.1, 0.15) is 5.75 Å². The SMILES string of the molecule is Cc1cc(O)ccc1C(=O)NCC1CSCCS1. The average molecular weight is 283 g/mol. The van der Waals surface area contributed by atoms with Gasteiger partial charge in [-0.05, 0) is 30.7 Å². The van der Waals surface area contributed by atoms with Crippen LogP contribution in [0.4, 0.5) is 0 Å². The Bertz CT molecular complexity index is 431. The smallest absolute Gasteiger partial charge is 0.251 e. The molecule has 1 aromatic rings. The van der Waals surface area contributed by atoms with E-state index in [4.69, 9.17) is 0 Å². The van der Waals surface area contributed by atoms with Crippen LogP contribution in [0, 0.1) is 6.92 Å². The third kappa shape index (κ3) is 3.59. The molecule has 1 atom stereocenters. The van der Waals surface area contributed by atoms with Gasteiger partial charge in [-0.2, -0.15) is 23.5 Å². The van der Waals surface area contributed by atoms with E-state index in [0.717, 1.165) is 17.9 Å². The summed E-state index contributed by atoms with van der Waals surface area (Å²) in [6.07, 6.45) is 0. The van der Waals surface area contributed by atoms with Gasteiger partial charge in [-0.15, -0.1) is 0 Å². The molecule has 1 heterocycles. The number of rotatable bonds is 3. The van der Waals surface area contributed by atoms with Crippen LogP contribution >= 0.6 is 23.5 Å². The van der Waals surface area contributed by atoms with E-state index in [-0.39, 0.29) is 11.7 Å². The van der Waals surface area contributed by atoms with Crippen LogP contribution in [0.25, 0.3) is 0 Å². The minimum absolute atomic E-state index is 0.0522. The number of benzene rings is 1. The Morgan fingerprint density at radius 2 is 2.33 bits per heavy atom. The first-order valence-corrected chi connectivity index (χ1v) is 8.14. The van der Waals surface area contributed by atoms with Crippen molar-refractivity contribution >= 4 is 29.4 Å². The van der Waals surface area contributed by atoms with Gasteiger partial charge in [-0.25, -0.2) is 0 Å². The number of hydrogen-bond donors (Lipinski definition) is 2. The van der Waals surface area contributed by atoms with Crippen LogP contribution in [0.5, 0.6) is 5.75 Å². The van der Waals surface area contributed by atoms with E-state index in [1.54, 1.807) is 18.2 Å². The molecule has 0 spiro atoms. The molecular weight excluding hydrogens is 266 g/mol. The standard InChI is InChI=1S/C13H17NO2S2/c1-9-6-10(15)2-3-12(9)13(16)14-7-11-8-17-4-5-18-11/h2-3,6,11,15H,4-5,7-8H2,1H3,(H,14,16). The third-order valence-electron chi connectivity index (χ3n) is 2.83. The second kappa shape index (κ2) is 6.38. The Hall–Kier alpha value is -0.810. The minimum atomic E-state index is -0.0522. The molecule has 3 nitrogen and oxygen atoms in total. The fraction of sp³-hybridized carbons (Fsp3) is 0.462. The highest BCUT2D eigenvalue weighted by Crippen LogP contribution is 2.23. The summed E-state index contributed by atoms with van der Waals surface area (Å²) < 4.78 is 0. The summed E-state index contributed by atoms with van der Waals surface area (Å²) >= 11 is 3.88. The molecule has 1 amide bonds. The number of hydrogen-bond acceptors (Lipinski definition) is 4. The zero-order chi connectivity index (χ0) is 13.0. The van der Waals surface area contributed by atoms with Gasteiger partial charge in [0.15, 0.2) is 0 Å². The van der Waals surface area contributed by atoms with Crippen LogP contribution in [-0.2, 0) is 0 Å². The van der Waals surface area contributed by atoms with E-state index in [1.165, 1.54) is 11.5 Å². The van der Waals surface area contributed by atoms with Crippen LogP contribution in [0.1, 0.15) is 15.9 Å². The van der Waals surface area contributed by atoms with Crippen molar-refractivity contribution in [1.82, 2.24) is 5.32 Å². The number of nitrogens with one attached hydrogen (secondary N) is 1. The monoisotopic (exact) mass is 283 g/mol. The lowest BCUT2D eigenvalue weighted by Crippen LogP contribution is -2.33. The first-order valence-electron chi connectivity index (χ1n) is 5.94. The second-order valence-corrected chi connectivity index (χ2v) is 6.84. The molecule has 1 aliphatic rings. The number of aryl methyl sites for hydroxylation is 1. The van der Waals surface area contributed by atoms with E-state index in [2.05, 4.69) is 5.32 Å². The molecule has 0 saturated carbocycles. The van der Waals surface area contributed by atoms with Crippen molar-refractivity contribution in [3.63, 3.8) is 0 Å². The van der Waals surface area contributed by atoms with Gasteiger partial charge in [0.2, 0.25) is 0 Å². The molecule has 2 N–H and O–H groups in total. The number of aromatic hydroxyl groups is 1. The van der Waals surface area contributed by atoms with Crippen LogP contribution in [0.3, 0.4) is 0 Å². The van der Waals surface area contributed by atoms with Crippen molar-refractivity contribution < 1.29 is 9.90 Å². The van der Waals surface area contributed by atoms with Gasteiger partial charge in [0.05, 0.1) is 0 Å². The number of carbonyl (C=O) groups is 1. The molecule has 1 unspecified atom stereocenters. The third-order valence-corrected chi connectivity index (χ3v) is 5.67. The van der Waals surface area contributed by atoms with Crippen molar-refractivity contribution in [2.75, 3.05) is 23.8 Å². The summed E-state index contributed by atoms with van der Waals surface area (Å²) in [7, 11) is 0. The van der Waals surface area contributed by atoms with Crippen LogP contribution in [0.2, 0.25) is 0 Å². The first-order chi connectivity index (χ1) is 8.66. The highest BCUT2D eigenvalue weighted by molar-refractivity contribution is 8.06. The number of thioether (sulfide) groups is 2. The number of phenolic OH excluding ortho intramolecular Hbond substituents is 1. The maximum absolute atomic E-state index is 12.0. The molecule has 0 aromatic heterocycles. The van der Waals surface area contributed by atoms with Crippen molar-refractivity contribution in [1.29, 1.82) is 0 Å². The van der Waals surface area contributed by atoms with Gasteiger partial charge >= 0.3 is 0 Å². The summed E-state index contributed by atoms with van der Waals surface area (Å²) in [4.78, 5) is 12.0. The van der Waals surface area contributed by atoms with Crippen LogP contribution < -0.4 is 5.32 Å². The molecule has 1 fully saturated rings. The van der Waals surface area contributed by atoms with Crippen molar-refractivity contribution in [3.8, 4) is 5.75 Å².